The van der Waals surface area contributed by atoms with Crippen LogP contribution >= 0.6 is 0 Å². The number of rotatable bonds is 6. The number of nitrogens with zero attached hydrogens (tertiary/aromatic N) is 2. The van der Waals surface area contributed by atoms with Gasteiger partial charge in [0.25, 0.3) is 0 Å². The van der Waals surface area contributed by atoms with Crippen molar-refractivity contribution in [1.29, 1.82) is 10.5 Å². The van der Waals surface area contributed by atoms with Crippen LogP contribution in [0, 0.1) is 22.7 Å². The summed E-state index contributed by atoms with van der Waals surface area (Å²) in [6.07, 6.45) is 1.78. The second-order valence-electron chi connectivity index (χ2n) is 4.92. The summed E-state index contributed by atoms with van der Waals surface area (Å²) < 4.78 is 11.2. The summed E-state index contributed by atoms with van der Waals surface area (Å²) in [7, 11) is 0. The first-order valence-corrected chi connectivity index (χ1v) is 7.73. The number of ether oxygens (including phenoxy) is 2. The highest BCUT2D eigenvalue weighted by atomic mass is 16.5. The maximum atomic E-state index is 9.48. The van der Waals surface area contributed by atoms with Crippen molar-refractivity contribution < 1.29 is 9.47 Å². The Hall–Kier alpha value is -3.24. The molecule has 0 aromatic heterocycles. The maximum Gasteiger partial charge on any atom is 0.130 e. The predicted octanol–water partition coefficient (Wildman–Crippen LogP) is 4.42. The van der Waals surface area contributed by atoms with E-state index in [2.05, 4.69) is 12.1 Å². The average Bonchev–Trinajstić information content (AvgIpc) is 2.62. The molecule has 0 saturated heterocycles. The number of hydrogen-bond acceptors (Lipinski definition) is 4. The standard InChI is InChI=1S/C20H18N2O2/c1-3-23-19-10-9-17(20(12-19)24-4-2)11-18(14-22)16-7-5-15(13-21)6-8-16/h5-12H,3-4H2,1-2H3/b18-11-. The zero-order valence-electron chi connectivity index (χ0n) is 13.7. The van der Waals surface area contributed by atoms with E-state index in [9.17, 15) is 5.26 Å². The van der Waals surface area contributed by atoms with Gasteiger partial charge in [0, 0.05) is 11.6 Å². The van der Waals surface area contributed by atoms with Crippen LogP contribution in [0.25, 0.3) is 11.6 Å². The van der Waals surface area contributed by atoms with Crippen LogP contribution in [-0.4, -0.2) is 13.2 Å². The maximum absolute atomic E-state index is 9.48. The summed E-state index contributed by atoms with van der Waals surface area (Å²) in [4.78, 5) is 0. The second-order valence-corrected chi connectivity index (χ2v) is 4.92. The Morgan fingerprint density at radius 1 is 1.00 bits per heavy atom. The van der Waals surface area contributed by atoms with Crippen molar-refractivity contribution in [3.63, 3.8) is 0 Å². The quantitative estimate of drug-likeness (QED) is 0.584. The minimum absolute atomic E-state index is 0.504. The van der Waals surface area contributed by atoms with Crippen molar-refractivity contribution in [2.75, 3.05) is 13.2 Å². The summed E-state index contributed by atoms with van der Waals surface area (Å²) >= 11 is 0. The number of benzene rings is 2. The topological polar surface area (TPSA) is 66.0 Å². The average molecular weight is 318 g/mol. The molecule has 120 valence electrons. The van der Waals surface area contributed by atoms with E-state index in [0.29, 0.717) is 30.1 Å². The number of nitriles is 2. The van der Waals surface area contributed by atoms with Crippen LogP contribution < -0.4 is 9.47 Å². The lowest BCUT2D eigenvalue weighted by atomic mass is 10.0. The Kier molecular flexibility index (Phi) is 6.00. The van der Waals surface area contributed by atoms with E-state index < -0.39 is 0 Å². The van der Waals surface area contributed by atoms with E-state index in [1.807, 2.05) is 32.0 Å². The predicted molar refractivity (Wildman–Crippen MR) is 93.4 cm³/mol. The third-order valence-corrected chi connectivity index (χ3v) is 3.34. The molecular formula is C20H18N2O2. The van der Waals surface area contributed by atoms with Crippen molar-refractivity contribution in [3.8, 4) is 23.6 Å². The van der Waals surface area contributed by atoms with Crippen LogP contribution in [0.4, 0.5) is 0 Å². The zero-order chi connectivity index (χ0) is 17.4. The SMILES string of the molecule is CCOc1ccc(/C=C(/C#N)c2ccc(C#N)cc2)c(OCC)c1. The first kappa shape index (κ1) is 17.1. The van der Waals surface area contributed by atoms with Crippen LogP contribution in [0.3, 0.4) is 0 Å². The van der Waals surface area contributed by atoms with Gasteiger partial charge < -0.3 is 9.47 Å². The van der Waals surface area contributed by atoms with Gasteiger partial charge in [0.15, 0.2) is 0 Å². The van der Waals surface area contributed by atoms with E-state index in [1.54, 1.807) is 30.3 Å². The molecule has 0 aliphatic heterocycles. The van der Waals surface area contributed by atoms with Crippen molar-refractivity contribution in [2.24, 2.45) is 0 Å². The molecule has 0 atom stereocenters. The van der Waals surface area contributed by atoms with Crippen molar-refractivity contribution >= 4 is 11.6 Å². The molecule has 2 aromatic carbocycles. The molecule has 2 rings (SSSR count). The Labute approximate surface area is 142 Å². The Balaban J connectivity index is 2.42. The Morgan fingerprint density at radius 3 is 2.29 bits per heavy atom. The molecule has 0 amide bonds. The molecule has 0 aliphatic carbocycles. The minimum atomic E-state index is 0.504. The third-order valence-electron chi connectivity index (χ3n) is 3.34. The van der Waals surface area contributed by atoms with Crippen LogP contribution in [0.5, 0.6) is 11.5 Å². The molecule has 4 heteroatoms. The van der Waals surface area contributed by atoms with Gasteiger partial charge in [-0.2, -0.15) is 10.5 Å². The fourth-order valence-corrected chi connectivity index (χ4v) is 2.23. The fraction of sp³-hybridized carbons (Fsp3) is 0.200. The summed E-state index contributed by atoms with van der Waals surface area (Å²) in [6.45, 7) is 4.93. The van der Waals surface area contributed by atoms with Gasteiger partial charge in [-0.3, -0.25) is 0 Å². The van der Waals surface area contributed by atoms with E-state index in [4.69, 9.17) is 14.7 Å². The van der Waals surface area contributed by atoms with E-state index in [-0.39, 0.29) is 0 Å². The van der Waals surface area contributed by atoms with Crippen LogP contribution in [0.2, 0.25) is 0 Å². The molecule has 0 unspecified atom stereocenters. The molecule has 24 heavy (non-hydrogen) atoms. The van der Waals surface area contributed by atoms with Gasteiger partial charge in [0.05, 0.1) is 36.5 Å². The smallest absolute Gasteiger partial charge is 0.130 e. The van der Waals surface area contributed by atoms with E-state index in [1.165, 1.54) is 0 Å². The summed E-state index contributed by atoms with van der Waals surface area (Å²) in [6, 6.07) is 16.8. The number of allylic oxidation sites excluding steroid dienone is 1. The molecule has 0 spiro atoms. The van der Waals surface area contributed by atoms with Crippen LogP contribution in [-0.2, 0) is 0 Å². The molecule has 0 saturated carbocycles. The molecular weight excluding hydrogens is 300 g/mol. The highest BCUT2D eigenvalue weighted by Gasteiger charge is 2.07. The molecule has 0 N–H and O–H groups in total. The van der Waals surface area contributed by atoms with Gasteiger partial charge in [-0.25, -0.2) is 0 Å². The molecule has 4 nitrogen and oxygen atoms in total. The van der Waals surface area contributed by atoms with Crippen molar-refractivity contribution in [1.82, 2.24) is 0 Å². The van der Waals surface area contributed by atoms with Gasteiger partial charge >= 0.3 is 0 Å². The van der Waals surface area contributed by atoms with Gasteiger partial charge in [-0.05, 0) is 49.8 Å². The van der Waals surface area contributed by atoms with E-state index >= 15 is 0 Å². The summed E-state index contributed by atoms with van der Waals surface area (Å²) in [5.41, 5.74) is 2.63. The molecule has 0 aliphatic rings. The summed E-state index contributed by atoms with van der Waals surface area (Å²) in [5.74, 6) is 1.40. The Morgan fingerprint density at radius 2 is 1.71 bits per heavy atom. The van der Waals surface area contributed by atoms with Gasteiger partial charge in [-0.1, -0.05) is 12.1 Å². The number of hydrogen-bond donors (Lipinski definition) is 0. The zero-order valence-corrected chi connectivity index (χ0v) is 13.7. The fourth-order valence-electron chi connectivity index (χ4n) is 2.23. The van der Waals surface area contributed by atoms with Crippen molar-refractivity contribution in [2.45, 2.75) is 13.8 Å². The van der Waals surface area contributed by atoms with Crippen LogP contribution in [0.1, 0.15) is 30.5 Å². The van der Waals surface area contributed by atoms with Gasteiger partial charge in [-0.15, -0.1) is 0 Å². The normalized spacial score (nSPS) is 10.6. The lowest BCUT2D eigenvalue weighted by Crippen LogP contribution is -1.97. The first-order valence-electron chi connectivity index (χ1n) is 7.73. The molecule has 0 fully saturated rings. The highest BCUT2D eigenvalue weighted by molar-refractivity contribution is 5.90. The van der Waals surface area contributed by atoms with Crippen molar-refractivity contribution in [3.05, 3.63) is 59.2 Å². The van der Waals surface area contributed by atoms with Gasteiger partial charge in [0.2, 0.25) is 0 Å². The second kappa shape index (κ2) is 8.41. The minimum Gasteiger partial charge on any atom is -0.494 e. The lowest BCUT2D eigenvalue weighted by molar-refractivity contribution is 0.322. The highest BCUT2D eigenvalue weighted by Crippen LogP contribution is 2.29. The molecule has 0 heterocycles. The van der Waals surface area contributed by atoms with Crippen LogP contribution in [0.15, 0.2) is 42.5 Å². The Bertz CT molecular complexity index is 809. The molecule has 0 radical (unpaired) electrons. The summed E-state index contributed by atoms with van der Waals surface area (Å²) in [5, 5.41) is 18.3. The first-order chi connectivity index (χ1) is 11.7. The van der Waals surface area contributed by atoms with Gasteiger partial charge in [0.1, 0.15) is 11.5 Å². The molecule has 0 bridgehead atoms. The lowest BCUT2D eigenvalue weighted by Gasteiger charge is -2.11. The third kappa shape index (κ3) is 4.15. The van der Waals surface area contributed by atoms with E-state index in [0.717, 1.165) is 16.9 Å². The monoisotopic (exact) mass is 318 g/mol. The largest absolute Gasteiger partial charge is 0.494 e. The molecule has 2 aromatic rings.